The van der Waals surface area contributed by atoms with Crippen molar-refractivity contribution in [1.29, 1.82) is 0 Å². The summed E-state index contributed by atoms with van der Waals surface area (Å²) in [7, 11) is 0. The molecule has 0 aliphatic rings. The van der Waals surface area contributed by atoms with Crippen LogP contribution in [0.15, 0.2) is 24.5 Å². The number of hydrogen-bond acceptors (Lipinski definition) is 5. The Kier molecular flexibility index (Phi) is 3.57. The summed E-state index contributed by atoms with van der Waals surface area (Å²) in [4.78, 5) is 17.3. The molecule has 19 heavy (non-hydrogen) atoms. The molecule has 0 spiro atoms. The average Bonchev–Trinajstić information content (AvgIpc) is 2.33. The van der Waals surface area contributed by atoms with Crippen LogP contribution in [0.2, 0.25) is 5.15 Å². The lowest BCUT2D eigenvalue weighted by Gasteiger charge is -2.06. The Morgan fingerprint density at radius 2 is 2.16 bits per heavy atom. The molecule has 2 rings (SSSR count). The molecule has 8 heteroatoms. The van der Waals surface area contributed by atoms with E-state index in [1.165, 1.54) is 18.2 Å². The van der Waals surface area contributed by atoms with Gasteiger partial charge in [-0.2, -0.15) is 4.98 Å². The van der Waals surface area contributed by atoms with Crippen LogP contribution in [0.5, 0.6) is 11.6 Å². The van der Waals surface area contributed by atoms with Gasteiger partial charge >= 0.3 is 11.6 Å². The maximum atomic E-state index is 13.1. The van der Waals surface area contributed by atoms with Gasteiger partial charge in [0.25, 0.3) is 0 Å². The van der Waals surface area contributed by atoms with E-state index >= 15 is 0 Å². The Morgan fingerprint density at radius 1 is 1.42 bits per heavy atom. The molecule has 0 atom stereocenters. The fourth-order valence-electron chi connectivity index (χ4n) is 1.36. The van der Waals surface area contributed by atoms with Gasteiger partial charge in [-0.05, 0) is 30.7 Å². The molecule has 0 aliphatic heterocycles. The number of halogens is 2. The monoisotopic (exact) mass is 283 g/mol. The van der Waals surface area contributed by atoms with Gasteiger partial charge in [0.05, 0.1) is 4.92 Å². The number of benzene rings is 1. The van der Waals surface area contributed by atoms with Crippen LogP contribution in [0.3, 0.4) is 0 Å². The fraction of sp³-hybridized carbons (Fsp3) is 0.0909. The predicted molar refractivity (Wildman–Crippen MR) is 64.9 cm³/mol. The highest BCUT2D eigenvalue weighted by atomic mass is 35.5. The first kappa shape index (κ1) is 13.2. The Morgan fingerprint density at radius 3 is 2.79 bits per heavy atom. The molecule has 0 saturated heterocycles. The zero-order valence-electron chi connectivity index (χ0n) is 9.63. The largest absolute Gasteiger partial charge is 0.434 e. The van der Waals surface area contributed by atoms with Crippen LogP contribution in [0.4, 0.5) is 10.1 Å². The molecular formula is C11H7ClFN3O3. The second-order valence-electron chi connectivity index (χ2n) is 3.59. The third kappa shape index (κ3) is 2.76. The van der Waals surface area contributed by atoms with Crippen molar-refractivity contribution in [1.82, 2.24) is 9.97 Å². The SMILES string of the molecule is Cc1cc(Oc2ncnc(Cl)c2[N+](=O)[O-])ccc1F. The van der Waals surface area contributed by atoms with Crippen LogP contribution in [-0.2, 0) is 0 Å². The van der Waals surface area contributed by atoms with Crippen LogP contribution in [0.25, 0.3) is 0 Å². The van der Waals surface area contributed by atoms with Crippen molar-refractivity contribution in [2.45, 2.75) is 6.92 Å². The molecule has 98 valence electrons. The highest BCUT2D eigenvalue weighted by Crippen LogP contribution is 2.33. The van der Waals surface area contributed by atoms with E-state index in [0.717, 1.165) is 6.33 Å². The predicted octanol–water partition coefficient (Wildman–Crippen LogP) is 3.28. The summed E-state index contributed by atoms with van der Waals surface area (Å²) in [6.07, 6.45) is 1.04. The Balaban J connectivity index is 2.40. The molecular weight excluding hydrogens is 277 g/mol. The second-order valence-corrected chi connectivity index (χ2v) is 3.95. The first-order valence-corrected chi connectivity index (χ1v) is 5.45. The molecule has 1 heterocycles. The van der Waals surface area contributed by atoms with Crippen LogP contribution in [0.1, 0.15) is 5.56 Å². The van der Waals surface area contributed by atoms with Crippen molar-refractivity contribution < 1.29 is 14.1 Å². The molecule has 0 aliphatic carbocycles. The lowest BCUT2D eigenvalue weighted by Crippen LogP contribution is -1.98. The number of ether oxygens (including phenoxy) is 1. The standard InChI is InChI=1S/C11H7ClFN3O3/c1-6-4-7(2-3-8(6)13)19-11-9(16(17)18)10(12)14-5-15-11/h2-5H,1H3. The molecule has 0 saturated carbocycles. The minimum atomic E-state index is -0.742. The third-order valence-corrected chi connectivity index (χ3v) is 2.55. The van der Waals surface area contributed by atoms with Crippen LogP contribution in [-0.4, -0.2) is 14.9 Å². The van der Waals surface area contributed by atoms with E-state index in [1.807, 2.05) is 0 Å². The van der Waals surface area contributed by atoms with Crippen molar-refractivity contribution in [2.24, 2.45) is 0 Å². The first-order valence-electron chi connectivity index (χ1n) is 5.08. The smallest absolute Gasteiger partial charge is 0.368 e. The molecule has 2 aromatic rings. The van der Waals surface area contributed by atoms with Gasteiger partial charge in [-0.3, -0.25) is 10.1 Å². The maximum Gasteiger partial charge on any atom is 0.368 e. The quantitative estimate of drug-likeness (QED) is 0.491. The van der Waals surface area contributed by atoms with Crippen LogP contribution in [0, 0.1) is 22.9 Å². The van der Waals surface area contributed by atoms with Crippen molar-refractivity contribution in [2.75, 3.05) is 0 Å². The summed E-state index contributed by atoms with van der Waals surface area (Å²) < 4.78 is 18.3. The van der Waals surface area contributed by atoms with Crippen molar-refractivity contribution in [3.63, 3.8) is 0 Å². The van der Waals surface area contributed by atoms with Crippen molar-refractivity contribution in [3.8, 4) is 11.6 Å². The molecule has 0 unspecified atom stereocenters. The molecule has 0 radical (unpaired) electrons. The second kappa shape index (κ2) is 5.15. The molecule has 0 fully saturated rings. The number of rotatable bonds is 3. The number of nitro groups is 1. The maximum absolute atomic E-state index is 13.1. The summed E-state index contributed by atoms with van der Waals surface area (Å²) >= 11 is 5.61. The highest BCUT2D eigenvalue weighted by molar-refractivity contribution is 6.31. The van der Waals surface area contributed by atoms with E-state index in [9.17, 15) is 14.5 Å². The third-order valence-electron chi connectivity index (χ3n) is 2.27. The first-order chi connectivity index (χ1) is 8.99. The highest BCUT2D eigenvalue weighted by Gasteiger charge is 2.23. The van der Waals surface area contributed by atoms with Gasteiger partial charge < -0.3 is 4.74 Å². The van der Waals surface area contributed by atoms with E-state index in [2.05, 4.69) is 9.97 Å². The zero-order chi connectivity index (χ0) is 14.0. The van der Waals surface area contributed by atoms with Gasteiger partial charge in [0.1, 0.15) is 17.9 Å². The molecule has 6 nitrogen and oxygen atoms in total. The molecule has 0 N–H and O–H groups in total. The normalized spacial score (nSPS) is 10.3. The Bertz CT molecular complexity index is 651. The van der Waals surface area contributed by atoms with Gasteiger partial charge in [-0.15, -0.1) is 0 Å². The Labute approximate surface area is 112 Å². The minimum Gasteiger partial charge on any atom is -0.434 e. The molecule has 1 aromatic carbocycles. The van der Waals surface area contributed by atoms with E-state index in [-0.39, 0.29) is 16.8 Å². The van der Waals surface area contributed by atoms with Crippen molar-refractivity contribution >= 4 is 17.3 Å². The number of hydrogen-bond donors (Lipinski definition) is 0. The lowest BCUT2D eigenvalue weighted by molar-refractivity contribution is -0.386. The number of nitrogens with zero attached hydrogens (tertiary/aromatic N) is 3. The van der Waals surface area contributed by atoms with Gasteiger partial charge in [-0.25, -0.2) is 9.37 Å². The number of aromatic nitrogens is 2. The van der Waals surface area contributed by atoms with Gasteiger partial charge in [0, 0.05) is 0 Å². The molecule has 0 amide bonds. The minimum absolute atomic E-state index is 0.219. The summed E-state index contributed by atoms with van der Waals surface area (Å²) in [5, 5.41) is 10.5. The summed E-state index contributed by atoms with van der Waals surface area (Å²) in [5.74, 6) is -0.477. The van der Waals surface area contributed by atoms with Crippen molar-refractivity contribution in [3.05, 3.63) is 51.2 Å². The van der Waals surface area contributed by atoms with E-state index in [0.29, 0.717) is 5.56 Å². The lowest BCUT2D eigenvalue weighted by atomic mass is 10.2. The van der Waals surface area contributed by atoms with Crippen LogP contribution >= 0.6 is 11.6 Å². The number of aryl methyl sites for hydroxylation is 1. The van der Waals surface area contributed by atoms with E-state index in [1.54, 1.807) is 6.92 Å². The molecule has 1 aromatic heterocycles. The van der Waals surface area contributed by atoms with Gasteiger partial charge in [-0.1, -0.05) is 11.6 Å². The fourth-order valence-corrected chi connectivity index (χ4v) is 1.56. The Hall–Kier alpha value is -2.28. The van der Waals surface area contributed by atoms with Crippen LogP contribution < -0.4 is 4.74 Å². The summed E-state index contributed by atoms with van der Waals surface area (Å²) in [6.45, 7) is 1.55. The van der Waals surface area contributed by atoms with Gasteiger partial charge in [0.2, 0.25) is 5.15 Å². The van der Waals surface area contributed by atoms with E-state index < -0.39 is 16.4 Å². The average molecular weight is 284 g/mol. The van der Waals surface area contributed by atoms with E-state index in [4.69, 9.17) is 16.3 Å². The summed E-state index contributed by atoms with van der Waals surface area (Å²) in [6, 6.07) is 3.93. The van der Waals surface area contributed by atoms with Gasteiger partial charge in [0.15, 0.2) is 0 Å². The molecule has 0 bridgehead atoms. The zero-order valence-corrected chi connectivity index (χ0v) is 10.4. The summed E-state index contributed by atoms with van der Waals surface area (Å²) in [5.41, 5.74) is -0.188. The topological polar surface area (TPSA) is 78.2 Å².